The largest absolute Gasteiger partial charge is 0.369 e. The van der Waals surface area contributed by atoms with Crippen molar-refractivity contribution < 1.29 is 9.18 Å². The van der Waals surface area contributed by atoms with Crippen molar-refractivity contribution >= 4 is 17.5 Å². The Bertz CT molecular complexity index is 1060. The molecule has 1 atom stereocenters. The van der Waals surface area contributed by atoms with Crippen LogP contribution in [-0.2, 0) is 13.0 Å². The Labute approximate surface area is 186 Å². The molecule has 0 bridgehead atoms. The number of carbonyl (C=O) groups is 1. The van der Waals surface area contributed by atoms with Crippen molar-refractivity contribution in [2.24, 2.45) is 5.73 Å². The highest BCUT2D eigenvalue weighted by Crippen LogP contribution is 2.23. The number of nitrogens with zero attached hydrogens (tertiary/aromatic N) is 3. The Morgan fingerprint density at radius 3 is 2.81 bits per heavy atom. The second-order valence-electron chi connectivity index (χ2n) is 7.91. The van der Waals surface area contributed by atoms with Crippen LogP contribution in [0, 0.1) is 5.82 Å². The van der Waals surface area contributed by atoms with E-state index in [4.69, 9.17) is 10.7 Å². The lowest BCUT2D eigenvalue weighted by Gasteiger charge is -2.19. The summed E-state index contributed by atoms with van der Waals surface area (Å²) in [5.41, 5.74) is 8.29. The van der Waals surface area contributed by atoms with Crippen LogP contribution in [0.3, 0.4) is 0 Å². The smallest absolute Gasteiger partial charge is 0.255 e. The normalized spacial score (nSPS) is 15.6. The summed E-state index contributed by atoms with van der Waals surface area (Å²) in [5, 5.41) is 6.20. The number of nitrogens with one attached hydrogen (secondary N) is 2. The lowest BCUT2D eigenvalue weighted by molar-refractivity contribution is 0.0951. The molecule has 1 amide bonds. The predicted octanol–water partition coefficient (Wildman–Crippen LogP) is 2.74. The van der Waals surface area contributed by atoms with Gasteiger partial charge in [-0.15, -0.1) is 0 Å². The maximum Gasteiger partial charge on any atom is 0.255 e. The third kappa shape index (κ3) is 5.59. The van der Waals surface area contributed by atoms with E-state index in [1.165, 1.54) is 12.1 Å². The molecule has 3 heterocycles. The first-order chi connectivity index (χ1) is 15.6. The predicted molar refractivity (Wildman–Crippen MR) is 123 cm³/mol. The molecule has 32 heavy (non-hydrogen) atoms. The zero-order chi connectivity index (χ0) is 22.3. The Kier molecular flexibility index (Phi) is 6.91. The second kappa shape index (κ2) is 10.2. The average molecular weight is 435 g/mol. The number of hydrogen-bond acceptors (Lipinski definition) is 6. The molecule has 4 rings (SSSR count). The number of anilines is 2. The molecule has 0 aliphatic carbocycles. The van der Waals surface area contributed by atoms with Crippen molar-refractivity contribution in [3.05, 3.63) is 83.4 Å². The molecule has 2 aromatic heterocycles. The molecule has 0 radical (unpaired) electrons. The lowest BCUT2D eigenvalue weighted by atomic mass is 10.1. The van der Waals surface area contributed by atoms with Gasteiger partial charge < -0.3 is 21.3 Å². The number of pyridine rings is 2. The van der Waals surface area contributed by atoms with E-state index in [9.17, 15) is 9.18 Å². The lowest BCUT2D eigenvalue weighted by Crippen LogP contribution is -2.28. The van der Waals surface area contributed by atoms with Crippen LogP contribution in [0.1, 0.15) is 27.9 Å². The monoisotopic (exact) mass is 434 g/mol. The molecule has 4 N–H and O–H groups in total. The maximum absolute atomic E-state index is 13.5. The molecule has 0 spiro atoms. The van der Waals surface area contributed by atoms with Crippen LogP contribution in [0.5, 0.6) is 0 Å². The Morgan fingerprint density at radius 1 is 1.19 bits per heavy atom. The third-order valence-electron chi connectivity index (χ3n) is 5.44. The Morgan fingerprint density at radius 2 is 2.06 bits per heavy atom. The van der Waals surface area contributed by atoms with Gasteiger partial charge in [-0.1, -0.05) is 18.2 Å². The van der Waals surface area contributed by atoms with E-state index in [-0.39, 0.29) is 17.8 Å². The number of carbonyl (C=O) groups excluding carboxylic acids is 1. The number of rotatable bonds is 8. The first kappa shape index (κ1) is 21.7. The number of halogens is 1. The van der Waals surface area contributed by atoms with Gasteiger partial charge in [0, 0.05) is 44.6 Å². The fourth-order valence-electron chi connectivity index (χ4n) is 3.74. The van der Waals surface area contributed by atoms with E-state index in [2.05, 4.69) is 20.5 Å². The van der Waals surface area contributed by atoms with E-state index in [1.807, 2.05) is 24.3 Å². The van der Waals surface area contributed by atoms with Crippen LogP contribution in [0.4, 0.5) is 16.0 Å². The molecule has 7 nitrogen and oxygen atoms in total. The number of aromatic nitrogens is 2. The summed E-state index contributed by atoms with van der Waals surface area (Å²) < 4.78 is 13.5. The van der Waals surface area contributed by atoms with E-state index < -0.39 is 0 Å². The topological polar surface area (TPSA) is 96.2 Å². The van der Waals surface area contributed by atoms with Crippen LogP contribution >= 0.6 is 0 Å². The van der Waals surface area contributed by atoms with Crippen molar-refractivity contribution in [1.82, 2.24) is 15.3 Å². The molecule has 0 unspecified atom stereocenters. The summed E-state index contributed by atoms with van der Waals surface area (Å²) in [7, 11) is 0. The molecule has 1 aromatic carbocycles. The molecule has 1 fully saturated rings. The highest BCUT2D eigenvalue weighted by molar-refractivity contribution is 5.99. The maximum atomic E-state index is 13.5. The average Bonchev–Trinajstić information content (AvgIpc) is 3.24. The Balaban J connectivity index is 1.49. The molecule has 166 valence electrons. The van der Waals surface area contributed by atoms with Crippen LogP contribution in [0.15, 0.2) is 60.9 Å². The van der Waals surface area contributed by atoms with Crippen molar-refractivity contribution in [3.8, 4) is 0 Å². The van der Waals surface area contributed by atoms with Gasteiger partial charge in [0.15, 0.2) is 0 Å². The van der Waals surface area contributed by atoms with Crippen LogP contribution < -0.4 is 21.3 Å². The highest BCUT2D eigenvalue weighted by Gasteiger charge is 2.22. The minimum absolute atomic E-state index is 0.128. The standard InChI is InChI=1S/C24H27FN6O/c25-19-5-1-3-17(13-19)8-11-28-23-21(24(32)29-15-18-4-2-10-27-14-18)6-7-22(30-23)31-12-9-20(26)16-31/h1-7,10,13-14,20H,8-9,11-12,15-16,26H2,(H,28,30)(H,29,32)/t20-/m1/s1. The molecular formula is C24H27FN6O. The van der Waals surface area contributed by atoms with Gasteiger partial charge in [0.2, 0.25) is 0 Å². The van der Waals surface area contributed by atoms with Gasteiger partial charge in [-0.3, -0.25) is 9.78 Å². The van der Waals surface area contributed by atoms with Gasteiger partial charge in [-0.2, -0.15) is 0 Å². The molecule has 1 aliphatic heterocycles. The van der Waals surface area contributed by atoms with Gasteiger partial charge in [0.05, 0.1) is 5.56 Å². The van der Waals surface area contributed by atoms with E-state index in [1.54, 1.807) is 24.5 Å². The zero-order valence-corrected chi connectivity index (χ0v) is 17.8. The fraction of sp³-hybridized carbons (Fsp3) is 0.292. The summed E-state index contributed by atoms with van der Waals surface area (Å²) >= 11 is 0. The quantitative estimate of drug-likeness (QED) is 0.505. The first-order valence-electron chi connectivity index (χ1n) is 10.8. The fourth-order valence-corrected chi connectivity index (χ4v) is 3.74. The van der Waals surface area contributed by atoms with Gasteiger partial charge >= 0.3 is 0 Å². The summed E-state index contributed by atoms with van der Waals surface area (Å²) in [4.78, 5) is 23.8. The molecule has 3 aromatic rings. The minimum atomic E-state index is -0.261. The molecule has 1 aliphatic rings. The van der Waals surface area contributed by atoms with Gasteiger partial charge in [-0.05, 0) is 54.3 Å². The van der Waals surface area contributed by atoms with Crippen molar-refractivity contribution in [2.45, 2.75) is 25.4 Å². The first-order valence-corrected chi connectivity index (χ1v) is 10.8. The third-order valence-corrected chi connectivity index (χ3v) is 5.44. The molecular weight excluding hydrogens is 407 g/mol. The number of benzene rings is 1. The van der Waals surface area contributed by atoms with Crippen molar-refractivity contribution in [1.29, 1.82) is 0 Å². The Hall–Kier alpha value is -3.52. The van der Waals surface area contributed by atoms with Crippen molar-refractivity contribution in [3.63, 3.8) is 0 Å². The molecule has 0 saturated carbocycles. The number of hydrogen-bond donors (Lipinski definition) is 3. The SMILES string of the molecule is N[C@@H]1CCN(c2ccc(C(=O)NCc3cccnc3)c(NCCc3cccc(F)c3)n2)C1. The summed E-state index contributed by atoms with van der Waals surface area (Å²) in [6, 6.07) is 14.0. The molecule has 8 heteroatoms. The number of nitrogens with two attached hydrogens (primary N) is 1. The zero-order valence-electron chi connectivity index (χ0n) is 17.8. The van der Waals surface area contributed by atoms with E-state index in [0.717, 1.165) is 36.5 Å². The summed E-state index contributed by atoms with van der Waals surface area (Å²) in [6.45, 7) is 2.46. The highest BCUT2D eigenvalue weighted by atomic mass is 19.1. The summed E-state index contributed by atoms with van der Waals surface area (Å²) in [5.74, 6) is 0.806. The minimum Gasteiger partial charge on any atom is -0.369 e. The van der Waals surface area contributed by atoms with E-state index >= 15 is 0 Å². The molecule has 1 saturated heterocycles. The van der Waals surface area contributed by atoms with Gasteiger partial charge in [0.25, 0.3) is 5.91 Å². The van der Waals surface area contributed by atoms with Crippen LogP contribution in [-0.4, -0.2) is 41.6 Å². The van der Waals surface area contributed by atoms with Crippen LogP contribution in [0.25, 0.3) is 0 Å². The number of amides is 1. The van der Waals surface area contributed by atoms with Gasteiger partial charge in [0.1, 0.15) is 17.5 Å². The van der Waals surface area contributed by atoms with Gasteiger partial charge in [-0.25, -0.2) is 9.37 Å². The van der Waals surface area contributed by atoms with E-state index in [0.29, 0.717) is 30.9 Å². The summed E-state index contributed by atoms with van der Waals surface area (Å²) in [6.07, 6.45) is 4.93. The second-order valence-corrected chi connectivity index (χ2v) is 7.91. The van der Waals surface area contributed by atoms with Crippen molar-refractivity contribution in [2.75, 3.05) is 29.9 Å². The van der Waals surface area contributed by atoms with Crippen LogP contribution in [0.2, 0.25) is 0 Å².